The second-order valence-electron chi connectivity index (χ2n) is 11.8. The summed E-state index contributed by atoms with van der Waals surface area (Å²) in [5.41, 5.74) is 0.143. The molecule has 0 aromatic carbocycles. The van der Waals surface area contributed by atoms with Gasteiger partial charge in [0.15, 0.2) is 0 Å². The van der Waals surface area contributed by atoms with E-state index < -0.39 is 0 Å². The fourth-order valence-corrected chi connectivity index (χ4v) is 4.78. The molecule has 0 aliphatic rings. The molecule has 0 saturated carbocycles. The van der Waals surface area contributed by atoms with Crippen LogP contribution in [0.1, 0.15) is 158 Å². The molecular weight excluding hydrogens is 515 g/mol. The molecule has 0 heterocycles. The van der Waals surface area contributed by atoms with Crippen molar-refractivity contribution in [2.24, 2.45) is 22.7 Å². The summed E-state index contributed by atoms with van der Waals surface area (Å²) in [6.45, 7) is 17.1. The molecule has 0 N–H and O–H groups in total. The zero-order valence-corrected chi connectivity index (χ0v) is 27.0. The summed E-state index contributed by atoms with van der Waals surface area (Å²) in [7, 11) is 0. The Bertz CT molecular complexity index is 474. The monoisotopic (exact) mass is 572 g/mol. The van der Waals surface area contributed by atoms with Crippen LogP contribution in [0.25, 0.3) is 0 Å². The fourth-order valence-electron chi connectivity index (χ4n) is 4.15. The van der Waals surface area contributed by atoms with E-state index in [4.69, 9.17) is 24.4 Å². The van der Waals surface area contributed by atoms with Crippen LogP contribution in [0.3, 0.4) is 0 Å². The van der Waals surface area contributed by atoms with Crippen LogP contribution < -0.4 is 10.2 Å². The fraction of sp³-hybridized carbons (Fsp3) is 0.933. The van der Waals surface area contributed by atoms with Gasteiger partial charge in [0.2, 0.25) is 0 Å². The van der Waals surface area contributed by atoms with Gasteiger partial charge in [0.05, 0.1) is 0 Å². The average Bonchev–Trinajstić information content (AvgIpc) is 2.77. The Kier molecular flexibility index (Phi) is 26.6. The molecular formula is C30H58NiO2S2. The minimum Gasteiger partial charge on any atom is -0.867 e. The van der Waals surface area contributed by atoms with E-state index in [1.807, 2.05) is 13.8 Å². The normalized spacial score (nSPS) is 13.3. The molecule has 0 radical (unpaired) electrons. The molecule has 2 unspecified atom stereocenters. The van der Waals surface area contributed by atoms with Gasteiger partial charge >= 0.3 is 16.5 Å². The minimum absolute atomic E-state index is 0. The van der Waals surface area contributed by atoms with Crippen molar-refractivity contribution in [3.05, 3.63) is 0 Å². The van der Waals surface area contributed by atoms with Crippen molar-refractivity contribution in [1.29, 1.82) is 0 Å². The largest absolute Gasteiger partial charge is 2.00 e. The van der Waals surface area contributed by atoms with E-state index in [2.05, 4.69) is 41.5 Å². The van der Waals surface area contributed by atoms with Crippen LogP contribution >= 0.6 is 24.4 Å². The van der Waals surface area contributed by atoms with Gasteiger partial charge in [-0.25, -0.2) is 0 Å². The van der Waals surface area contributed by atoms with Crippen LogP contribution in [-0.2, 0) is 16.5 Å². The van der Waals surface area contributed by atoms with Crippen molar-refractivity contribution >= 4 is 34.5 Å². The van der Waals surface area contributed by atoms with Gasteiger partial charge in [-0.15, -0.1) is 24.4 Å². The van der Waals surface area contributed by atoms with E-state index >= 15 is 0 Å². The number of unbranched alkanes of at least 4 members (excludes halogenated alkanes) is 12. The summed E-state index contributed by atoms with van der Waals surface area (Å²) in [4.78, 5) is 0. The molecule has 0 rings (SSSR count). The van der Waals surface area contributed by atoms with E-state index in [1.54, 1.807) is 0 Å². The zero-order chi connectivity index (χ0) is 26.6. The maximum absolute atomic E-state index is 11.2. The van der Waals surface area contributed by atoms with Gasteiger partial charge in [-0.05, 0) is 35.5 Å². The first kappa shape index (κ1) is 39.8. The molecule has 212 valence electrons. The first-order chi connectivity index (χ1) is 15.8. The third-order valence-corrected chi connectivity index (χ3v) is 8.61. The van der Waals surface area contributed by atoms with Crippen LogP contribution in [0.5, 0.6) is 0 Å². The Morgan fingerprint density at radius 2 is 0.771 bits per heavy atom. The second-order valence-corrected chi connectivity index (χ2v) is 12.6. The van der Waals surface area contributed by atoms with Gasteiger partial charge in [0.25, 0.3) is 0 Å². The van der Waals surface area contributed by atoms with Gasteiger partial charge in [-0.3, -0.25) is 0 Å². The van der Waals surface area contributed by atoms with Crippen LogP contribution in [0.15, 0.2) is 0 Å². The predicted octanol–water partition coefficient (Wildman–Crippen LogP) is 8.95. The Labute approximate surface area is 241 Å². The van der Waals surface area contributed by atoms with E-state index in [9.17, 15) is 10.2 Å². The number of hydrogen-bond acceptors (Lipinski definition) is 4. The Balaban J connectivity index is -0.000000569. The van der Waals surface area contributed by atoms with E-state index in [0.29, 0.717) is 0 Å². The first-order valence-corrected chi connectivity index (χ1v) is 15.1. The van der Waals surface area contributed by atoms with Crippen molar-refractivity contribution in [3.8, 4) is 0 Å². The molecule has 35 heavy (non-hydrogen) atoms. The molecule has 0 amide bonds. The molecule has 0 bridgehead atoms. The molecule has 0 aliphatic heterocycles. The third-order valence-electron chi connectivity index (χ3n) is 7.90. The summed E-state index contributed by atoms with van der Waals surface area (Å²) in [5.74, 6) is 0.0233. The van der Waals surface area contributed by atoms with Crippen LogP contribution in [0, 0.1) is 22.7 Å². The first-order valence-electron chi connectivity index (χ1n) is 14.2. The topological polar surface area (TPSA) is 46.1 Å². The van der Waals surface area contributed by atoms with Gasteiger partial charge in [-0.2, -0.15) is 0 Å². The number of hydrogen-bond donors (Lipinski definition) is 0. The molecule has 0 spiro atoms. The Hall–Kier alpha value is 0.274. The van der Waals surface area contributed by atoms with E-state index in [0.717, 1.165) is 12.8 Å². The molecule has 0 aliphatic carbocycles. The smallest absolute Gasteiger partial charge is 0.867 e. The van der Waals surface area contributed by atoms with Crippen molar-refractivity contribution in [2.75, 3.05) is 0 Å². The standard InChI is InChI=1S/2C15H30OS.Ni/c2*1-5-6-7-8-9-10-11-12-15(3,4)13(2)14(16)17;/h2*13H,5-12H2,1-4H3,(H,16,17);/q;;+2/p-2. The molecule has 2 nitrogen and oxygen atoms in total. The Morgan fingerprint density at radius 3 is 1.00 bits per heavy atom. The number of rotatable bonds is 20. The molecule has 0 aromatic heterocycles. The van der Waals surface area contributed by atoms with Crippen molar-refractivity contribution in [1.82, 2.24) is 0 Å². The molecule has 2 atom stereocenters. The Morgan fingerprint density at radius 1 is 0.543 bits per heavy atom. The van der Waals surface area contributed by atoms with Crippen molar-refractivity contribution in [2.45, 2.75) is 158 Å². The van der Waals surface area contributed by atoms with Gasteiger partial charge in [0.1, 0.15) is 0 Å². The third kappa shape index (κ3) is 22.0. The van der Waals surface area contributed by atoms with Crippen LogP contribution in [-0.4, -0.2) is 10.1 Å². The van der Waals surface area contributed by atoms with Gasteiger partial charge in [-0.1, -0.05) is 155 Å². The summed E-state index contributed by atoms with van der Waals surface area (Å²) < 4.78 is 0. The minimum atomic E-state index is -0.0852. The summed E-state index contributed by atoms with van der Waals surface area (Å²) in [6, 6.07) is 0. The summed E-state index contributed by atoms with van der Waals surface area (Å²) in [5, 5.41) is 22.3. The second kappa shape index (κ2) is 23.4. The number of thiocarbonyl (C=S) groups is 2. The SMILES string of the molecule is CCCCCCCCCC(C)(C)C(C)C([O-])=S.CCCCCCCCCC(C)(C)C(C)C([O-])=S.[Ni+2]. The van der Waals surface area contributed by atoms with Crippen LogP contribution in [0.2, 0.25) is 0 Å². The maximum atomic E-state index is 11.2. The van der Waals surface area contributed by atoms with E-state index in [1.165, 1.54) is 89.9 Å². The van der Waals surface area contributed by atoms with Crippen molar-refractivity contribution < 1.29 is 26.7 Å². The predicted molar refractivity (Wildman–Crippen MR) is 156 cm³/mol. The van der Waals surface area contributed by atoms with E-state index in [-0.39, 0.29) is 49.3 Å². The maximum Gasteiger partial charge on any atom is 2.00 e. The molecule has 0 aromatic rings. The molecule has 0 fully saturated rings. The van der Waals surface area contributed by atoms with Crippen LogP contribution in [0.4, 0.5) is 0 Å². The summed E-state index contributed by atoms with van der Waals surface area (Å²) in [6.07, 6.45) is 20.8. The quantitative estimate of drug-likeness (QED) is 0.0829. The van der Waals surface area contributed by atoms with Gasteiger partial charge < -0.3 is 10.2 Å². The zero-order valence-electron chi connectivity index (χ0n) is 24.4. The molecule has 0 saturated heterocycles. The van der Waals surface area contributed by atoms with Crippen molar-refractivity contribution in [3.63, 3.8) is 0 Å². The average molecular weight is 574 g/mol. The van der Waals surface area contributed by atoms with Gasteiger partial charge in [0, 0.05) is 0 Å². The molecule has 5 heteroatoms. The summed E-state index contributed by atoms with van der Waals surface area (Å²) >= 11 is 9.52.